The molecule has 14 heteroatoms. The number of urea groups is 1. The van der Waals surface area contributed by atoms with Gasteiger partial charge in [-0.1, -0.05) is 24.3 Å². The maximum atomic E-state index is 14.1. The molecule has 3 aliphatic rings. The molecule has 2 aromatic carbocycles. The highest BCUT2D eigenvalue weighted by atomic mass is 16.5. The van der Waals surface area contributed by atoms with Gasteiger partial charge in [0.2, 0.25) is 11.9 Å². The second-order valence-corrected chi connectivity index (χ2v) is 13.5. The monoisotopic (exact) mass is 728 g/mol. The van der Waals surface area contributed by atoms with Crippen LogP contribution in [0.5, 0.6) is 11.5 Å². The molecule has 14 nitrogen and oxygen atoms in total. The normalized spacial score (nSPS) is 15.6. The van der Waals surface area contributed by atoms with Crippen molar-refractivity contribution in [3.63, 3.8) is 0 Å². The van der Waals surface area contributed by atoms with Gasteiger partial charge in [0.15, 0.2) is 0 Å². The first kappa shape index (κ1) is 35.0. The van der Waals surface area contributed by atoms with Crippen LogP contribution in [-0.4, -0.2) is 109 Å². The Bertz CT molecular complexity index is 1970. The molecule has 2 fully saturated rings. The van der Waals surface area contributed by atoms with E-state index < -0.39 is 0 Å². The summed E-state index contributed by atoms with van der Waals surface area (Å²) in [5, 5.41) is 0. The summed E-state index contributed by atoms with van der Waals surface area (Å²) in [6.45, 7) is 6.95. The molecule has 3 aliphatic heterocycles. The van der Waals surface area contributed by atoms with Crippen LogP contribution in [0.15, 0.2) is 85.5 Å². The number of benzene rings is 2. The smallest absolute Gasteiger partial charge is 0.325 e. The third kappa shape index (κ3) is 7.55. The van der Waals surface area contributed by atoms with Crippen LogP contribution in [0.3, 0.4) is 0 Å². The van der Waals surface area contributed by atoms with Crippen LogP contribution in [0.4, 0.5) is 28.2 Å². The maximum Gasteiger partial charge on any atom is 0.325 e. The topological polar surface area (TPSA) is 125 Å². The van der Waals surface area contributed by atoms with E-state index in [9.17, 15) is 4.79 Å². The zero-order chi connectivity index (χ0) is 36.9. The number of pyridine rings is 1. The van der Waals surface area contributed by atoms with Crippen molar-refractivity contribution in [2.75, 3.05) is 92.8 Å². The molecule has 54 heavy (non-hydrogen) atoms. The standard InChI is InChI=1S/C40H44N10O4/c1-52-33-9-5-29(6-10-33)27-49(28-30-7-11-34(53-2)12-8-30)38-42-24-31(25-43-38)36-35-13-15-50(37(35)45-39(44-36)47-20-22-54-23-21-47)40(51)48-18-16-46(17-19-48)32-4-3-14-41-26-32/h3-12,14,24-26H,13,15-23,27-28H2,1-2H3. The fourth-order valence-corrected chi connectivity index (χ4v) is 7.15. The van der Waals surface area contributed by atoms with Gasteiger partial charge in [-0.2, -0.15) is 4.98 Å². The van der Waals surface area contributed by atoms with Gasteiger partial charge in [0.05, 0.1) is 45.0 Å². The molecule has 2 saturated heterocycles. The van der Waals surface area contributed by atoms with E-state index in [2.05, 4.69) is 50.0 Å². The number of nitrogens with zero attached hydrogens (tertiary/aromatic N) is 10. The van der Waals surface area contributed by atoms with Crippen LogP contribution in [0, 0.1) is 0 Å². The van der Waals surface area contributed by atoms with E-state index in [1.54, 1.807) is 20.4 Å². The Labute approximate surface area is 315 Å². The summed E-state index contributed by atoms with van der Waals surface area (Å²) in [5.74, 6) is 3.44. The summed E-state index contributed by atoms with van der Waals surface area (Å²) in [6.07, 6.45) is 7.96. The lowest BCUT2D eigenvalue weighted by molar-refractivity contribution is 0.122. The predicted molar refractivity (Wildman–Crippen MR) is 206 cm³/mol. The van der Waals surface area contributed by atoms with E-state index in [1.807, 2.05) is 58.7 Å². The third-order valence-corrected chi connectivity index (χ3v) is 10.2. The zero-order valence-corrected chi connectivity index (χ0v) is 30.7. The number of amides is 2. The molecule has 8 rings (SSSR count). The van der Waals surface area contributed by atoms with Gasteiger partial charge in [0.25, 0.3) is 0 Å². The van der Waals surface area contributed by atoms with E-state index in [-0.39, 0.29) is 6.03 Å². The SMILES string of the molecule is COc1ccc(CN(Cc2ccc(OC)cc2)c2ncc(-c3nc(N4CCOCC4)nc4c3CCN4C(=O)N3CCN(c4cccnc4)CC3)cn2)cc1. The van der Waals surface area contributed by atoms with E-state index in [4.69, 9.17) is 34.1 Å². The molecule has 0 radical (unpaired) electrons. The fraction of sp³-hybridized carbons (Fsp3) is 0.350. The minimum absolute atomic E-state index is 0.0310. The minimum atomic E-state index is -0.0310. The van der Waals surface area contributed by atoms with Crippen LogP contribution >= 0.6 is 0 Å². The number of fused-ring (bicyclic) bond motifs is 1. The summed E-state index contributed by atoms with van der Waals surface area (Å²) in [6, 6.07) is 20.0. The highest BCUT2D eigenvalue weighted by Gasteiger charge is 2.35. The second-order valence-electron chi connectivity index (χ2n) is 13.5. The number of aromatic nitrogens is 5. The molecular weight excluding hydrogens is 685 g/mol. The lowest BCUT2D eigenvalue weighted by Crippen LogP contribution is -2.53. The largest absolute Gasteiger partial charge is 0.497 e. The van der Waals surface area contributed by atoms with Crippen molar-refractivity contribution < 1.29 is 19.0 Å². The van der Waals surface area contributed by atoms with Gasteiger partial charge in [0, 0.05) is 88.6 Å². The van der Waals surface area contributed by atoms with E-state index in [0.29, 0.717) is 83.2 Å². The first-order valence-electron chi connectivity index (χ1n) is 18.3. The van der Waals surface area contributed by atoms with Crippen LogP contribution in [0.25, 0.3) is 11.3 Å². The lowest BCUT2D eigenvalue weighted by Gasteiger charge is -2.37. The zero-order valence-electron chi connectivity index (χ0n) is 30.7. The number of anilines is 4. The fourth-order valence-electron chi connectivity index (χ4n) is 7.15. The van der Waals surface area contributed by atoms with Crippen molar-refractivity contribution in [2.45, 2.75) is 19.5 Å². The summed E-state index contributed by atoms with van der Waals surface area (Å²) in [7, 11) is 3.33. The van der Waals surface area contributed by atoms with Crippen LogP contribution in [0.1, 0.15) is 16.7 Å². The average Bonchev–Trinajstić information content (AvgIpc) is 3.68. The molecule has 0 saturated carbocycles. The van der Waals surface area contributed by atoms with Crippen molar-refractivity contribution in [3.8, 4) is 22.8 Å². The number of morpholine rings is 1. The average molecular weight is 729 g/mol. The Kier molecular flexibility index (Phi) is 10.3. The van der Waals surface area contributed by atoms with Gasteiger partial charge in [-0.05, 0) is 53.9 Å². The molecule has 3 aromatic heterocycles. The molecule has 5 aromatic rings. The van der Waals surface area contributed by atoms with Crippen molar-refractivity contribution in [2.24, 2.45) is 0 Å². The summed E-state index contributed by atoms with van der Waals surface area (Å²) in [5.41, 5.74) is 5.73. The first-order valence-corrected chi connectivity index (χ1v) is 18.3. The number of carbonyl (C=O) groups excluding carboxylic acids is 1. The minimum Gasteiger partial charge on any atom is -0.497 e. The number of piperazine rings is 1. The Hall–Kier alpha value is -6.02. The van der Waals surface area contributed by atoms with Gasteiger partial charge in [-0.15, -0.1) is 0 Å². The molecule has 0 spiro atoms. The van der Waals surface area contributed by atoms with Crippen molar-refractivity contribution in [1.29, 1.82) is 0 Å². The second kappa shape index (κ2) is 15.9. The number of carbonyl (C=O) groups is 1. The van der Waals surface area contributed by atoms with Crippen molar-refractivity contribution >= 4 is 29.4 Å². The third-order valence-electron chi connectivity index (χ3n) is 10.2. The molecule has 0 N–H and O–H groups in total. The van der Waals surface area contributed by atoms with Crippen molar-refractivity contribution in [1.82, 2.24) is 29.8 Å². The quantitative estimate of drug-likeness (QED) is 0.198. The maximum absolute atomic E-state index is 14.1. The number of ether oxygens (including phenoxy) is 3. The lowest BCUT2D eigenvalue weighted by atomic mass is 10.1. The van der Waals surface area contributed by atoms with Crippen LogP contribution in [0.2, 0.25) is 0 Å². The van der Waals surface area contributed by atoms with Gasteiger partial charge in [-0.3, -0.25) is 9.88 Å². The molecule has 278 valence electrons. The van der Waals surface area contributed by atoms with E-state index >= 15 is 0 Å². The molecule has 6 heterocycles. The summed E-state index contributed by atoms with van der Waals surface area (Å²) < 4.78 is 16.4. The van der Waals surface area contributed by atoms with Crippen LogP contribution in [-0.2, 0) is 24.2 Å². The van der Waals surface area contributed by atoms with E-state index in [1.165, 1.54) is 0 Å². The summed E-state index contributed by atoms with van der Waals surface area (Å²) >= 11 is 0. The highest BCUT2D eigenvalue weighted by Crippen LogP contribution is 2.36. The molecule has 0 bridgehead atoms. The Morgan fingerprint density at radius 1 is 0.759 bits per heavy atom. The molecule has 2 amide bonds. The molecule has 0 atom stereocenters. The molecule has 0 unspecified atom stereocenters. The Balaban J connectivity index is 1.07. The molecule has 0 aliphatic carbocycles. The number of hydrogen-bond acceptors (Lipinski definition) is 12. The highest BCUT2D eigenvalue weighted by molar-refractivity contribution is 5.95. The number of hydrogen-bond donors (Lipinski definition) is 0. The van der Waals surface area contributed by atoms with Gasteiger partial charge >= 0.3 is 6.03 Å². The van der Waals surface area contributed by atoms with Gasteiger partial charge in [0.1, 0.15) is 17.3 Å². The van der Waals surface area contributed by atoms with Gasteiger partial charge < -0.3 is 33.8 Å². The Morgan fingerprint density at radius 2 is 1.41 bits per heavy atom. The van der Waals surface area contributed by atoms with Gasteiger partial charge in [-0.25, -0.2) is 19.7 Å². The number of methoxy groups -OCH3 is 2. The van der Waals surface area contributed by atoms with Crippen molar-refractivity contribution in [3.05, 3.63) is 102 Å². The Morgan fingerprint density at radius 3 is 2.00 bits per heavy atom. The molecular formula is C40H44N10O4. The predicted octanol–water partition coefficient (Wildman–Crippen LogP) is 4.69. The number of rotatable bonds is 10. The summed E-state index contributed by atoms with van der Waals surface area (Å²) in [4.78, 5) is 48.7. The van der Waals surface area contributed by atoms with E-state index in [0.717, 1.165) is 58.2 Å². The first-order chi connectivity index (χ1) is 26.6. The van der Waals surface area contributed by atoms with Crippen LogP contribution < -0.4 is 29.1 Å².